The van der Waals surface area contributed by atoms with Gasteiger partial charge >= 0.3 is 0 Å². The van der Waals surface area contributed by atoms with Crippen LogP contribution in [0.25, 0.3) is 0 Å². The van der Waals surface area contributed by atoms with Gasteiger partial charge in [0.15, 0.2) is 11.5 Å². The van der Waals surface area contributed by atoms with Crippen molar-refractivity contribution < 1.29 is 9.47 Å². The number of methoxy groups -OCH3 is 1. The minimum atomic E-state index is 0.554. The third-order valence-corrected chi connectivity index (χ3v) is 4.39. The van der Waals surface area contributed by atoms with Crippen molar-refractivity contribution in [1.29, 1.82) is 0 Å². The number of piperazine rings is 1. The summed E-state index contributed by atoms with van der Waals surface area (Å²) in [5.41, 5.74) is 2.45. The molecule has 0 amide bonds. The largest absolute Gasteiger partial charge is 0.493 e. The van der Waals surface area contributed by atoms with E-state index in [1.54, 1.807) is 7.11 Å². The van der Waals surface area contributed by atoms with Crippen molar-refractivity contribution in [3.8, 4) is 11.5 Å². The second-order valence-corrected chi connectivity index (χ2v) is 6.10. The fourth-order valence-electron chi connectivity index (χ4n) is 2.95. The molecule has 4 heteroatoms. The molecule has 0 atom stereocenters. The summed E-state index contributed by atoms with van der Waals surface area (Å²) in [4.78, 5) is 2.51. The predicted octanol–water partition coefficient (Wildman–Crippen LogP) is 2.72. The Morgan fingerprint density at radius 2 is 1.75 bits per heavy atom. The number of benzene rings is 2. The van der Waals surface area contributed by atoms with Crippen molar-refractivity contribution in [2.75, 3.05) is 39.8 Å². The molecular formula is C20H26N2O2. The quantitative estimate of drug-likeness (QED) is 0.848. The smallest absolute Gasteiger partial charge is 0.161 e. The number of ether oxygens (including phenoxy) is 2. The van der Waals surface area contributed by atoms with Crippen LogP contribution in [0.2, 0.25) is 0 Å². The van der Waals surface area contributed by atoms with Crippen molar-refractivity contribution in [2.24, 2.45) is 0 Å². The first-order valence-corrected chi connectivity index (χ1v) is 8.62. The van der Waals surface area contributed by atoms with Crippen LogP contribution < -0.4 is 14.8 Å². The zero-order valence-electron chi connectivity index (χ0n) is 14.3. The number of nitrogens with zero attached hydrogens (tertiary/aromatic N) is 1. The van der Waals surface area contributed by atoms with Gasteiger partial charge in [-0.25, -0.2) is 0 Å². The molecule has 0 unspecified atom stereocenters. The van der Waals surface area contributed by atoms with E-state index in [9.17, 15) is 0 Å². The molecule has 4 nitrogen and oxygen atoms in total. The molecule has 1 N–H and O–H groups in total. The molecule has 2 aromatic rings. The standard InChI is InChI=1S/C20H26N2O2/c1-23-19-8-7-17(9-12-22-13-10-21-11-14-22)15-20(19)24-16-18-5-3-2-4-6-18/h2-8,15,21H,9-14,16H2,1H3. The van der Waals surface area contributed by atoms with Gasteiger partial charge < -0.3 is 19.7 Å². The van der Waals surface area contributed by atoms with E-state index in [0.29, 0.717) is 6.61 Å². The summed E-state index contributed by atoms with van der Waals surface area (Å²) >= 11 is 0. The summed E-state index contributed by atoms with van der Waals surface area (Å²) in [6.07, 6.45) is 1.03. The van der Waals surface area contributed by atoms with E-state index in [1.165, 1.54) is 5.56 Å². The highest BCUT2D eigenvalue weighted by atomic mass is 16.5. The lowest BCUT2D eigenvalue weighted by Gasteiger charge is -2.27. The summed E-state index contributed by atoms with van der Waals surface area (Å²) in [6.45, 7) is 6.09. The van der Waals surface area contributed by atoms with Gasteiger partial charge in [0.2, 0.25) is 0 Å². The Hall–Kier alpha value is -2.04. The topological polar surface area (TPSA) is 33.7 Å². The Bertz CT molecular complexity index is 625. The van der Waals surface area contributed by atoms with Crippen LogP contribution in [0.3, 0.4) is 0 Å². The van der Waals surface area contributed by atoms with E-state index in [1.807, 2.05) is 24.3 Å². The second-order valence-electron chi connectivity index (χ2n) is 6.10. The van der Waals surface area contributed by atoms with E-state index in [2.05, 4.69) is 34.5 Å². The third kappa shape index (κ3) is 4.73. The van der Waals surface area contributed by atoms with Crippen LogP contribution in [0.4, 0.5) is 0 Å². The molecule has 0 spiro atoms. The number of hydrogen-bond acceptors (Lipinski definition) is 4. The van der Waals surface area contributed by atoms with Crippen LogP contribution in [-0.2, 0) is 13.0 Å². The summed E-state index contributed by atoms with van der Waals surface area (Å²) < 4.78 is 11.4. The zero-order chi connectivity index (χ0) is 16.6. The minimum Gasteiger partial charge on any atom is -0.493 e. The maximum atomic E-state index is 6.00. The Balaban J connectivity index is 1.61. The highest BCUT2D eigenvalue weighted by Gasteiger charge is 2.11. The van der Waals surface area contributed by atoms with Crippen molar-refractivity contribution in [1.82, 2.24) is 10.2 Å². The lowest BCUT2D eigenvalue weighted by atomic mass is 10.1. The van der Waals surface area contributed by atoms with Gasteiger partial charge in [-0.2, -0.15) is 0 Å². The van der Waals surface area contributed by atoms with Gasteiger partial charge in [-0.05, 0) is 29.7 Å². The van der Waals surface area contributed by atoms with Gasteiger partial charge in [-0.3, -0.25) is 0 Å². The van der Waals surface area contributed by atoms with Crippen LogP contribution in [0, 0.1) is 0 Å². The zero-order valence-corrected chi connectivity index (χ0v) is 14.3. The fourth-order valence-corrected chi connectivity index (χ4v) is 2.95. The Morgan fingerprint density at radius 1 is 0.958 bits per heavy atom. The number of nitrogens with one attached hydrogen (secondary N) is 1. The van der Waals surface area contributed by atoms with Crippen molar-refractivity contribution in [3.05, 3.63) is 59.7 Å². The average molecular weight is 326 g/mol. The van der Waals surface area contributed by atoms with Gasteiger partial charge in [-0.1, -0.05) is 36.4 Å². The van der Waals surface area contributed by atoms with Gasteiger partial charge in [0, 0.05) is 32.7 Å². The first-order valence-electron chi connectivity index (χ1n) is 8.62. The van der Waals surface area contributed by atoms with Crippen molar-refractivity contribution >= 4 is 0 Å². The SMILES string of the molecule is COc1ccc(CCN2CCNCC2)cc1OCc1ccccc1. The van der Waals surface area contributed by atoms with Gasteiger partial charge in [-0.15, -0.1) is 0 Å². The normalized spacial score (nSPS) is 15.2. The molecule has 128 valence electrons. The summed E-state index contributed by atoms with van der Waals surface area (Å²) in [5, 5.41) is 3.39. The van der Waals surface area contributed by atoms with Crippen LogP contribution in [0.5, 0.6) is 11.5 Å². The lowest BCUT2D eigenvalue weighted by Crippen LogP contribution is -2.44. The molecule has 1 fully saturated rings. The maximum Gasteiger partial charge on any atom is 0.161 e. The van der Waals surface area contributed by atoms with Gasteiger partial charge in [0.1, 0.15) is 6.61 Å². The van der Waals surface area contributed by atoms with Gasteiger partial charge in [0.25, 0.3) is 0 Å². The Kier molecular flexibility index (Phi) is 6.10. The molecular weight excluding hydrogens is 300 g/mol. The second kappa shape index (κ2) is 8.71. The Morgan fingerprint density at radius 3 is 2.50 bits per heavy atom. The molecule has 1 saturated heterocycles. The summed E-state index contributed by atoms with van der Waals surface area (Å²) in [7, 11) is 1.69. The first kappa shape index (κ1) is 16.8. The molecule has 0 saturated carbocycles. The third-order valence-electron chi connectivity index (χ3n) is 4.39. The molecule has 1 heterocycles. The molecule has 1 aliphatic rings. The van der Waals surface area contributed by atoms with Crippen molar-refractivity contribution in [3.63, 3.8) is 0 Å². The summed E-state index contributed by atoms with van der Waals surface area (Å²) in [5.74, 6) is 1.61. The lowest BCUT2D eigenvalue weighted by molar-refractivity contribution is 0.243. The number of rotatable bonds is 7. The highest BCUT2D eigenvalue weighted by molar-refractivity contribution is 5.43. The highest BCUT2D eigenvalue weighted by Crippen LogP contribution is 2.29. The Labute approximate surface area is 144 Å². The molecule has 0 bridgehead atoms. The first-order chi connectivity index (χ1) is 11.8. The summed E-state index contributed by atoms with van der Waals surface area (Å²) in [6, 6.07) is 16.5. The van der Waals surface area contributed by atoms with Crippen molar-refractivity contribution in [2.45, 2.75) is 13.0 Å². The van der Waals surface area contributed by atoms with Crippen LogP contribution in [-0.4, -0.2) is 44.7 Å². The van der Waals surface area contributed by atoms with Gasteiger partial charge in [0.05, 0.1) is 7.11 Å². The molecule has 1 aliphatic heterocycles. The average Bonchev–Trinajstić information content (AvgIpc) is 2.66. The monoisotopic (exact) mass is 326 g/mol. The molecule has 0 aliphatic carbocycles. The fraction of sp³-hybridized carbons (Fsp3) is 0.400. The molecule has 24 heavy (non-hydrogen) atoms. The molecule has 3 rings (SSSR count). The number of hydrogen-bond donors (Lipinski definition) is 1. The molecule has 0 aromatic heterocycles. The maximum absolute atomic E-state index is 6.00. The minimum absolute atomic E-state index is 0.554. The van der Waals surface area contributed by atoms with Crippen LogP contribution in [0.15, 0.2) is 48.5 Å². The van der Waals surface area contributed by atoms with E-state index in [0.717, 1.165) is 56.2 Å². The van der Waals surface area contributed by atoms with E-state index < -0.39 is 0 Å². The van der Waals surface area contributed by atoms with Crippen LogP contribution >= 0.6 is 0 Å². The molecule has 2 aromatic carbocycles. The van der Waals surface area contributed by atoms with E-state index in [4.69, 9.17) is 9.47 Å². The molecule has 0 radical (unpaired) electrons. The van der Waals surface area contributed by atoms with Crippen LogP contribution in [0.1, 0.15) is 11.1 Å². The predicted molar refractivity (Wildman–Crippen MR) is 96.8 cm³/mol. The van der Waals surface area contributed by atoms with E-state index in [-0.39, 0.29) is 0 Å². The van der Waals surface area contributed by atoms with E-state index >= 15 is 0 Å².